The van der Waals surface area contributed by atoms with E-state index in [1.807, 2.05) is 41.3 Å². The van der Waals surface area contributed by atoms with E-state index in [0.29, 0.717) is 18.2 Å². The summed E-state index contributed by atoms with van der Waals surface area (Å²) >= 11 is 1.26. The van der Waals surface area contributed by atoms with E-state index in [1.165, 1.54) is 41.7 Å². The van der Waals surface area contributed by atoms with E-state index in [9.17, 15) is 14.7 Å². The molecule has 5 rings (SSSR count). The zero-order valence-electron chi connectivity index (χ0n) is 20.2. The normalized spacial score (nSPS) is 19.7. The molecule has 6 heteroatoms. The summed E-state index contributed by atoms with van der Waals surface area (Å²) in [7, 11) is 0. The molecule has 1 amide bonds. The number of amides is 1. The van der Waals surface area contributed by atoms with Crippen LogP contribution in [0.1, 0.15) is 52.9 Å². The lowest BCUT2D eigenvalue weighted by Gasteiger charge is -2.45. The molecule has 2 aromatic carbocycles. The van der Waals surface area contributed by atoms with Gasteiger partial charge >= 0.3 is 5.97 Å². The summed E-state index contributed by atoms with van der Waals surface area (Å²) in [5.41, 5.74) is 3.97. The Balaban J connectivity index is 1.50. The smallest absolute Gasteiger partial charge is 0.348 e. The molecule has 1 saturated carbocycles. The van der Waals surface area contributed by atoms with Crippen molar-refractivity contribution in [3.05, 3.63) is 76.7 Å². The summed E-state index contributed by atoms with van der Waals surface area (Å²) in [6, 6.07) is 20.2. The van der Waals surface area contributed by atoms with Gasteiger partial charge in [0.25, 0.3) is 0 Å². The molecule has 2 fully saturated rings. The van der Waals surface area contributed by atoms with Gasteiger partial charge in [-0.15, -0.1) is 11.3 Å². The Morgan fingerprint density at radius 2 is 1.80 bits per heavy atom. The minimum Gasteiger partial charge on any atom is -0.477 e. The van der Waals surface area contributed by atoms with Crippen molar-refractivity contribution in [2.75, 3.05) is 18.0 Å². The Labute approximate surface area is 211 Å². The summed E-state index contributed by atoms with van der Waals surface area (Å²) in [5, 5.41) is 10.1. The van der Waals surface area contributed by atoms with Crippen LogP contribution in [-0.2, 0) is 11.3 Å². The molecule has 35 heavy (non-hydrogen) atoms. The summed E-state index contributed by atoms with van der Waals surface area (Å²) in [6.45, 7) is 3.88. The zero-order chi connectivity index (χ0) is 24.4. The number of thiophene rings is 1. The third kappa shape index (κ3) is 5.19. The number of anilines is 1. The van der Waals surface area contributed by atoms with Gasteiger partial charge in [-0.3, -0.25) is 9.69 Å². The van der Waals surface area contributed by atoms with Crippen LogP contribution in [0.2, 0.25) is 0 Å². The van der Waals surface area contributed by atoms with Gasteiger partial charge in [0.1, 0.15) is 4.88 Å². The maximum Gasteiger partial charge on any atom is 0.348 e. The average molecular weight is 489 g/mol. The van der Waals surface area contributed by atoms with E-state index >= 15 is 0 Å². The first kappa shape index (κ1) is 23.8. The molecule has 2 heterocycles. The molecule has 1 unspecified atom stereocenters. The number of nitrogens with zero attached hydrogens (tertiary/aromatic N) is 2. The van der Waals surface area contributed by atoms with Gasteiger partial charge in [0.15, 0.2) is 0 Å². The Hall–Kier alpha value is -2.96. The van der Waals surface area contributed by atoms with Crippen molar-refractivity contribution in [2.24, 2.45) is 5.92 Å². The maximum absolute atomic E-state index is 13.7. The fourth-order valence-corrected chi connectivity index (χ4v) is 6.70. The molecule has 1 aromatic heterocycles. The number of hydrogen-bond acceptors (Lipinski definition) is 4. The quantitative estimate of drug-likeness (QED) is 0.447. The van der Waals surface area contributed by atoms with Gasteiger partial charge in [-0.2, -0.15) is 0 Å². The van der Waals surface area contributed by atoms with Gasteiger partial charge in [0.2, 0.25) is 5.91 Å². The van der Waals surface area contributed by atoms with Crippen molar-refractivity contribution in [3.8, 4) is 10.4 Å². The van der Waals surface area contributed by atoms with Gasteiger partial charge in [-0.1, -0.05) is 79.4 Å². The van der Waals surface area contributed by atoms with Gasteiger partial charge in [-0.25, -0.2) is 4.79 Å². The van der Waals surface area contributed by atoms with Crippen molar-refractivity contribution < 1.29 is 14.7 Å². The lowest BCUT2D eigenvalue weighted by atomic mass is 9.82. The molecule has 0 radical (unpaired) electrons. The van der Waals surface area contributed by atoms with Crippen molar-refractivity contribution in [1.82, 2.24) is 4.90 Å². The predicted octanol–water partition coefficient (Wildman–Crippen LogP) is 6.22. The number of carbonyl (C=O) groups is 2. The highest BCUT2D eigenvalue weighted by Gasteiger charge is 2.40. The topological polar surface area (TPSA) is 60.9 Å². The first-order valence-corrected chi connectivity index (χ1v) is 13.3. The lowest BCUT2D eigenvalue weighted by Crippen LogP contribution is -2.59. The zero-order valence-corrected chi connectivity index (χ0v) is 21.0. The number of rotatable bonds is 6. The molecule has 1 aliphatic carbocycles. The minimum absolute atomic E-state index is 0.000566. The van der Waals surface area contributed by atoms with Crippen LogP contribution in [0.15, 0.2) is 60.7 Å². The first-order valence-electron chi connectivity index (χ1n) is 12.5. The van der Waals surface area contributed by atoms with E-state index in [1.54, 1.807) is 0 Å². The Kier molecular flexibility index (Phi) is 7.02. The molecule has 0 bridgehead atoms. The Morgan fingerprint density at radius 3 is 2.51 bits per heavy atom. The van der Waals surface area contributed by atoms with Crippen LogP contribution in [0.4, 0.5) is 5.69 Å². The summed E-state index contributed by atoms with van der Waals surface area (Å²) < 4.78 is 0. The second-order valence-electron chi connectivity index (χ2n) is 9.88. The van der Waals surface area contributed by atoms with Crippen molar-refractivity contribution in [1.29, 1.82) is 0 Å². The molecule has 3 aromatic rings. The van der Waals surface area contributed by atoms with E-state index in [0.717, 1.165) is 36.4 Å². The number of carboxylic acid groups (broad SMARTS) is 1. The molecule has 1 aliphatic heterocycles. The highest BCUT2D eigenvalue weighted by atomic mass is 32.1. The van der Waals surface area contributed by atoms with E-state index in [4.69, 9.17) is 0 Å². The van der Waals surface area contributed by atoms with Crippen LogP contribution in [0.5, 0.6) is 0 Å². The molecule has 1 N–H and O–H groups in total. The molecular weight excluding hydrogens is 456 g/mol. The van der Waals surface area contributed by atoms with Gasteiger partial charge in [0, 0.05) is 18.0 Å². The van der Waals surface area contributed by atoms with E-state index in [-0.39, 0.29) is 16.8 Å². The fourth-order valence-electron chi connectivity index (χ4n) is 5.70. The van der Waals surface area contributed by atoms with Gasteiger partial charge in [0.05, 0.1) is 18.3 Å². The molecule has 1 saturated heterocycles. The van der Waals surface area contributed by atoms with Crippen LogP contribution < -0.4 is 4.90 Å². The highest BCUT2D eigenvalue weighted by Crippen LogP contribution is 2.41. The summed E-state index contributed by atoms with van der Waals surface area (Å²) in [6.07, 6.45) is 5.76. The Bertz CT molecular complexity index is 1200. The number of hydrogen-bond donors (Lipinski definition) is 1. The minimum atomic E-state index is -0.968. The second-order valence-corrected chi connectivity index (χ2v) is 10.9. The van der Waals surface area contributed by atoms with Crippen LogP contribution >= 0.6 is 11.3 Å². The number of carboxylic acids is 1. The van der Waals surface area contributed by atoms with Crippen molar-refractivity contribution in [3.63, 3.8) is 0 Å². The monoisotopic (exact) mass is 488 g/mol. The largest absolute Gasteiger partial charge is 0.477 e. The molecular formula is C29H32N2O3S. The molecule has 182 valence electrons. The third-order valence-electron chi connectivity index (χ3n) is 7.31. The summed E-state index contributed by atoms with van der Waals surface area (Å²) in [4.78, 5) is 31.3. The van der Waals surface area contributed by atoms with Crippen LogP contribution in [-0.4, -0.2) is 41.0 Å². The van der Waals surface area contributed by atoms with Crippen molar-refractivity contribution >= 4 is 28.9 Å². The predicted molar refractivity (Wildman–Crippen MR) is 141 cm³/mol. The van der Waals surface area contributed by atoms with E-state index < -0.39 is 5.97 Å². The number of benzene rings is 2. The maximum atomic E-state index is 13.7. The van der Waals surface area contributed by atoms with Crippen LogP contribution in [0.3, 0.4) is 0 Å². The lowest BCUT2D eigenvalue weighted by molar-refractivity contribution is -0.123. The summed E-state index contributed by atoms with van der Waals surface area (Å²) in [5.74, 6) is -0.585. The second kappa shape index (κ2) is 10.3. The highest BCUT2D eigenvalue weighted by molar-refractivity contribution is 7.18. The molecule has 0 spiro atoms. The van der Waals surface area contributed by atoms with Crippen molar-refractivity contribution in [2.45, 2.75) is 51.6 Å². The van der Waals surface area contributed by atoms with Crippen LogP contribution in [0.25, 0.3) is 10.4 Å². The number of aryl methyl sites for hydroxylation is 1. The molecule has 2 aliphatic rings. The number of aromatic carboxylic acids is 1. The standard InChI is InChI=1S/C29H32N2O3S/c1-20-9-8-10-21(15-20)17-30-18-25(22-11-4-2-5-12-22)31(27(32)19-30)24-16-26(35-28(24)29(33)34)23-13-6-3-7-14-23/h3,6-10,13-16,22,25H,2,4-5,11-12,17-19H2,1H3,(H,33,34). The van der Waals surface area contributed by atoms with Gasteiger partial charge < -0.3 is 10.0 Å². The SMILES string of the molecule is Cc1cccc(CN2CC(=O)N(c3cc(-c4ccccc4)sc3C(=O)O)C(C3CCCCC3)C2)c1. The number of piperazine rings is 1. The number of carbonyl (C=O) groups excluding carboxylic acids is 1. The average Bonchev–Trinajstić information content (AvgIpc) is 3.30. The molecule has 1 atom stereocenters. The fraction of sp³-hybridized carbons (Fsp3) is 0.379. The van der Waals surface area contributed by atoms with Gasteiger partial charge in [-0.05, 0) is 42.9 Å². The molecule has 5 nitrogen and oxygen atoms in total. The first-order chi connectivity index (χ1) is 17.0. The van der Waals surface area contributed by atoms with Crippen LogP contribution in [0, 0.1) is 12.8 Å². The van der Waals surface area contributed by atoms with E-state index in [2.05, 4.69) is 36.1 Å². The Morgan fingerprint density at radius 1 is 1.03 bits per heavy atom. The third-order valence-corrected chi connectivity index (χ3v) is 8.47.